The number of carbonyl (C=O) groups excluding carboxylic acids is 2. The maximum absolute atomic E-state index is 13.1. The van der Waals surface area contributed by atoms with Gasteiger partial charge < -0.3 is 15.0 Å². The largest absolute Gasteiger partial charge is 0.375 e. The van der Waals surface area contributed by atoms with Crippen LogP contribution in [0.3, 0.4) is 0 Å². The van der Waals surface area contributed by atoms with E-state index in [-0.39, 0.29) is 17.4 Å². The number of hydrogen-bond donors (Lipinski definition) is 1. The van der Waals surface area contributed by atoms with Crippen LogP contribution >= 0.6 is 0 Å². The summed E-state index contributed by atoms with van der Waals surface area (Å²) in [6.07, 6.45) is 5.72. The maximum atomic E-state index is 13.1. The number of hydrogen-bond acceptors (Lipinski definition) is 4. The molecule has 3 aromatic rings. The van der Waals surface area contributed by atoms with Crippen molar-refractivity contribution in [3.63, 3.8) is 0 Å². The van der Waals surface area contributed by atoms with Gasteiger partial charge in [0.05, 0.1) is 11.1 Å². The predicted molar refractivity (Wildman–Crippen MR) is 131 cm³/mol. The number of carbonyl (C=O) groups is 2. The molecule has 2 aliphatic rings. The number of fused-ring (bicyclic) bond motifs is 1. The van der Waals surface area contributed by atoms with Crippen molar-refractivity contribution in [2.45, 2.75) is 44.2 Å². The molecule has 1 N–H and O–H groups in total. The third-order valence-electron chi connectivity index (χ3n) is 7.21. The van der Waals surface area contributed by atoms with E-state index in [4.69, 9.17) is 4.74 Å². The summed E-state index contributed by atoms with van der Waals surface area (Å²) in [6, 6.07) is 19.6. The zero-order valence-electron chi connectivity index (χ0n) is 19.4. The Morgan fingerprint density at radius 3 is 2.71 bits per heavy atom. The van der Waals surface area contributed by atoms with Crippen LogP contribution < -0.4 is 5.32 Å². The van der Waals surface area contributed by atoms with Gasteiger partial charge in [-0.1, -0.05) is 36.4 Å². The highest BCUT2D eigenvalue weighted by molar-refractivity contribution is 5.98. The van der Waals surface area contributed by atoms with Crippen molar-refractivity contribution < 1.29 is 14.3 Å². The Bertz CT molecular complexity index is 1160. The van der Waals surface area contributed by atoms with Gasteiger partial charge in [-0.2, -0.15) is 0 Å². The number of rotatable bonds is 5. The molecule has 0 bridgehead atoms. The Kier molecular flexibility index (Phi) is 6.59. The molecular formula is C28H31N3O3. The molecule has 2 fully saturated rings. The lowest BCUT2D eigenvalue weighted by Crippen LogP contribution is -2.51. The van der Waals surface area contributed by atoms with Gasteiger partial charge >= 0.3 is 0 Å². The fraction of sp³-hybridized carbons (Fsp3) is 0.393. The van der Waals surface area contributed by atoms with Crippen LogP contribution in [0, 0.1) is 5.92 Å². The third kappa shape index (κ3) is 5.12. The highest BCUT2D eigenvalue weighted by atomic mass is 16.5. The first kappa shape index (κ1) is 22.5. The fourth-order valence-corrected chi connectivity index (χ4v) is 5.29. The van der Waals surface area contributed by atoms with E-state index >= 15 is 0 Å². The first-order chi connectivity index (χ1) is 16.6. The Labute approximate surface area is 200 Å². The summed E-state index contributed by atoms with van der Waals surface area (Å²) in [4.78, 5) is 31.9. The Morgan fingerprint density at radius 2 is 1.88 bits per heavy atom. The Hall–Kier alpha value is -3.25. The minimum absolute atomic E-state index is 0.0632. The monoisotopic (exact) mass is 457 g/mol. The summed E-state index contributed by atoms with van der Waals surface area (Å²) in [5.74, 6) is 0.484. The van der Waals surface area contributed by atoms with Crippen molar-refractivity contribution in [2.24, 2.45) is 5.92 Å². The minimum Gasteiger partial charge on any atom is -0.375 e. The molecule has 1 aromatic heterocycles. The summed E-state index contributed by atoms with van der Waals surface area (Å²) in [6.45, 7) is 2.60. The van der Waals surface area contributed by atoms with E-state index in [1.165, 1.54) is 0 Å². The smallest absolute Gasteiger partial charge is 0.253 e. The van der Waals surface area contributed by atoms with Crippen LogP contribution in [0.25, 0.3) is 10.9 Å². The van der Waals surface area contributed by atoms with Crippen LogP contribution in [0.2, 0.25) is 0 Å². The van der Waals surface area contributed by atoms with Crippen molar-refractivity contribution in [3.05, 3.63) is 78.0 Å². The second-order valence-corrected chi connectivity index (χ2v) is 9.56. The molecule has 6 heteroatoms. The maximum Gasteiger partial charge on any atom is 0.253 e. The summed E-state index contributed by atoms with van der Waals surface area (Å²) in [5, 5.41) is 4.03. The lowest BCUT2D eigenvalue weighted by atomic mass is 9.78. The summed E-state index contributed by atoms with van der Waals surface area (Å²) < 4.78 is 6.26. The minimum atomic E-state index is -0.216. The van der Waals surface area contributed by atoms with E-state index in [1.807, 2.05) is 65.6 Å². The first-order valence-electron chi connectivity index (χ1n) is 12.2. The highest BCUT2D eigenvalue weighted by Crippen LogP contribution is 2.39. The normalized spacial score (nSPS) is 19.8. The zero-order valence-corrected chi connectivity index (χ0v) is 19.4. The fourth-order valence-electron chi connectivity index (χ4n) is 5.29. The highest BCUT2D eigenvalue weighted by Gasteiger charge is 2.41. The molecular weight excluding hydrogens is 426 g/mol. The van der Waals surface area contributed by atoms with Gasteiger partial charge in [0, 0.05) is 49.8 Å². The molecule has 1 spiro atoms. The average molecular weight is 458 g/mol. The number of likely N-dealkylation sites (tertiary alicyclic amines) is 1. The van der Waals surface area contributed by atoms with Crippen LogP contribution in [0.4, 0.5) is 0 Å². The standard InChI is InChI=1S/C28H31N3O3/c32-26(30-20-21-5-2-1-3-6-21)17-22-10-16-34-28(19-22)11-14-31(15-12-28)27(33)24-8-9-25-23(18-24)7-4-13-29-25/h1-9,13,18,22H,10-12,14-17,19-20H2,(H,30,32). The molecule has 2 aromatic carbocycles. The topological polar surface area (TPSA) is 71.5 Å². The van der Waals surface area contributed by atoms with Crippen molar-refractivity contribution in [1.29, 1.82) is 0 Å². The lowest BCUT2D eigenvalue weighted by molar-refractivity contribution is -0.134. The molecule has 2 aliphatic heterocycles. The number of ether oxygens (including phenoxy) is 1. The van der Waals surface area contributed by atoms with Gasteiger partial charge in [0.25, 0.3) is 5.91 Å². The number of piperidine rings is 1. The van der Waals surface area contributed by atoms with Crippen LogP contribution in [-0.4, -0.2) is 47.0 Å². The van der Waals surface area contributed by atoms with Gasteiger partial charge in [-0.25, -0.2) is 0 Å². The number of pyridine rings is 1. The van der Waals surface area contributed by atoms with Crippen LogP contribution in [0.5, 0.6) is 0 Å². The van der Waals surface area contributed by atoms with E-state index in [9.17, 15) is 9.59 Å². The van der Waals surface area contributed by atoms with E-state index in [1.54, 1.807) is 6.20 Å². The lowest BCUT2D eigenvalue weighted by Gasteiger charge is -2.46. The Balaban J connectivity index is 1.14. The van der Waals surface area contributed by atoms with Crippen molar-refractivity contribution in [3.8, 4) is 0 Å². The second-order valence-electron chi connectivity index (χ2n) is 9.56. The van der Waals surface area contributed by atoms with Gasteiger partial charge in [0.1, 0.15) is 0 Å². The summed E-state index contributed by atoms with van der Waals surface area (Å²) >= 11 is 0. The SMILES string of the molecule is O=C(CC1CCOC2(CCN(C(=O)c3ccc4ncccc4c3)CC2)C1)NCc1ccccc1. The predicted octanol–water partition coefficient (Wildman–Crippen LogP) is 4.34. The van der Waals surface area contributed by atoms with E-state index < -0.39 is 0 Å². The van der Waals surface area contributed by atoms with Gasteiger partial charge in [-0.05, 0) is 61.4 Å². The molecule has 5 rings (SSSR count). The summed E-state index contributed by atoms with van der Waals surface area (Å²) in [7, 11) is 0. The molecule has 1 atom stereocenters. The molecule has 2 amide bonds. The quantitative estimate of drug-likeness (QED) is 0.619. The van der Waals surface area contributed by atoms with Crippen molar-refractivity contribution in [1.82, 2.24) is 15.2 Å². The molecule has 0 radical (unpaired) electrons. The van der Waals surface area contributed by atoms with Gasteiger partial charge in [0.2, 0.25) is 5.91 Å². The van der Waals surface area contributed by atoms with Crippen LogP contribution in [-0.2, 0) is 16.1 Å². The number of nitrogens with zero attached hydrogens (tertiary/aromatic N) is 2. The molecule has 3 heterocycles. The van der Waals surface area contributed by atoms with Gasteiger partial charge in [-0.15, -0.1) is 0 Å². The number of amides is 2. The number of benzene rings is 2. The zero-order chi connectivity index (χ0) is 23.4. The average Bonchev–Trinajstić information content (AvgIpc) is 2.88. The van der Waals surface area contributed by atoms with Crippen molar-refractivity contribution >= 4 is 22.7 Å². The molecule has 1 unspecified atom stereocenters. The third-order valence-corrected chi connectivity index (χ3v) is 7.21. The molecule has 6 nitrogen and oxygen atoms in total. The molecule has 0 aliphatic carbocycles. The molecule has 176 valence electrons. The van der Waals surface area contributed by atoms with Crippen molar-refractivity contribution in [2.75, 3.05) is 19.7 Å². The summed E-state index contributed by atoms with van der Waals surface area (Å²) in [5.41, 5.74) is 2.49. The van der Waals surface area contributed by atoms with Gasteiger partial charge in [-0.3, -0.25) is 14.6 Å². The second kappa shape index (κ2) is 9.94. The van der Waals surface area contributed by atoms with Gasteiger partial charge in [0.15, 0.2) is 0 Å². The Morgan fingerprint density at radius 1 is 1.06 bits per heavy atom. The van der Waals surface area contributed by atoms with Crippen LogP contribution in [0.1, 0.15) is 48.0 Å². The first-order valence-corrected chi connectivity index (χ1v) is 12.2. The number of aromatic nitrogens is 1. The molecule has 34 heavy (non-hydrogen) atoms. The molecule has 0 saturated carbocycles. The number of nitrogens with one attached hydrogen (secondary N) is 1. The molecule has 2 saturated heterocycles. The van der Waals surface area contributed by atoms with E-state index in [0.717, 1.165) is 42.1 Å². The van der Waals surface area contributed by atoms with E-state index in [0.29, 0.717) is 44.1 Å². The van der Waals surface area contributed by atoms with Crippen LogP contribution in [0.15, 0.2) is 66.9 Å². The van der Waals surface area contributed by atoms with E-state index in [2.05, 4.69) is 10.3 Å².